The second kappa shape index (κ2) is 4.71. The predicted molar refractivity (Wildman–Crippen MR) is 57.2 cm³/mol. The van der Waals surface area contributed by atoms with Gasteiger partial charge in [0.25, 0.3) is 0 Å². The van der Waals surface area contributed by atoms with Crippen molar-refractivity contribution in [2.75, 3.05) is 12.4 Å². The third kappa shape index (κ3) is 2.34. The first-order chi connectivity index (χ1) is 7.79. The number of aromatic nitrogens is 4. The molecule has 0 fully saturated rings. The number of nitrogens with zero attached hydrogens (tertiary/aromatic N) is 3. The van der Waals surface area contributed by atoms with Gasteiger partial charge in [0.15, 0.2) is 10.8 Å². The fraction of sp³-hybridized carbons (Fsp3) is 0.250. The van der Waals surface area contributed by atoms with E-state index in [1.807, 2.05) is 0 Å². The van der Waals surface area contributed by atoms with Gasteiger partial charge >= 0.3 is 5.97 Å². The van der Waals surface area contributed by atoms with E-state index in [1.54, 1.807) is 5.38 Å². The number of thiazole rings is 1. The molecule has 0 atom stereocenters. The molecule has 0 spiro atoms. The van der Waals surface area contributed by atoms with E-state index in [0.717, 1.165) is 0 Å². The summed E-state index contributed by atoms with van der Waals surface area (Å²) in [6.45, 7) is 0.480. The minimum absolute atomic E-state index is 0.299. The number of methoxy groups -OCH3 is 1. The summed E-state index contributed by atoms with van der Waals surface area (Å²) in [7, 11) is 1.32. The van der Waals surface area contributed by atoms with E-state index < -0.39 is 5.97 Å². The molecule has 2 N–H and O–H groups in total. The zero-order valence-corrected chi connectivity index (χ0v) is 9.24. The van der Waals surface area contributed by atoms with Gasteiger partial charge in [0.2, 0.25) is 0 Å². The summed E-state index contributed by atoms with van der Waals surface area (Å²) < 4.78 is 4.55. The first-order valence-electron chi connectivity index (χ1n) is 4.41. The van der Waals surface area contributed by atoms with Gasteiger partial charge in [-0.15, -0.1) is 11.3 Å². The normalized spacial score (nSPS) is 10.1. The first-order valence-corrected chi connectivity index (χ1v) is 5.29. The maximum atomic E-state index is 11.1. The van der Waals surface area contributed by atoms with E-state index in [-0.39, 0.29) is 0 Å². The smallest absolute Gasteiger partial charge is 0.357 e. The second-order valence-corrected chi connectivity index (χ2v) is 3.67. The molecule has 0 aromatic carbocycles. The Morgan fingerprint density at radius 1 is 1.69 bits per heavy atom. The Morgan fingerprint density at radius 3 is 3.25 bits per heavy atom. The molecule has 84 valence electrons. The summed E-state index contributed by atoms with van der Waals surface area (Å²) >= 11 is 1.33. The number of hydrogen-bond acceptors (Lipinski definition) is 7. The van der Waals surface area contributed by atoms with Crippen molar-refractivity contribution in [3.63, 3.8) is 0 Å². The molecule has 0 saturated carbocycles. The molecule has 0 radical (unpaired) electrons. The van der Waals surface area contributed by atoms with Crippen LogP contribution in [0.5, 0.6) is 0 Å². The molecule has 0 aliphatic rings. The lowest BCUT2D eigenvalue weighted by molar-refractivity contribution is 0.0595. The number of ether oxygens (including phenoxy) is 1. The molecule has 0 bridgehead atoms. The lowest BCUT2D eigenvalue weighted by Crippen LogP contribution is -2.04. The molecule has 2 aromatic heterocycles. The summed E-state index contributed by atoms with van der Waals surface area (Å²) in [6, 6.07) is 0. The Labute approximate surface area is 94.9 Å². The fourth-order valence-corrected chi connectivity index (χ4v) is 1.71. The van der Waals surface area contributed by atoms with Crippen LogP contribution in [-0.4, -0.2) is 33.2 Å². The van der Waals surface area contributed by atoms with Crippen molar-refractivity contribution < 1.29 is 9.53 Å². The van der Waals surface area contributed by atoms with E-state index in [1.165, 1.54) is 24.8 Å². The molecule has 0 aliphatic carbocycles. The Kier molecular flexibility index (Phi) is 3.10. The third-order valence-electron chi connectivity index (χ3n) is 1.77. The maximum Gasteiger partial charge on any atom is 0.357 e. The molecular weight excluding hydrogens is 230 g/mol. The molecular formula is C8H9N5O2S. The van der Waals surface area contributed by atoms with Crippen molar-refractivity contribution in [3.8, 4) is 0 Å². The van der Waals surface area contributed by atoms with Gasteiger partial charge in [-0.3, -0.25) is 5.10 Å². The molecule has 0 aliphatic heterocycles. The van der Waals surface area contributed by atoms with E-state index in [0.29, 0.717) is 23.2 Å². The van der Waals surface area contributed by atoms with Gasteiger partial charge in [0.1, 0.15) is 12.2 Å². The molecule has 2 heterocycles. The summed E-state index contributed by atoms with van der Waals surface area (Å²) in [5.41, 5.74) is 0.299. The number of esters is 1. The van der Waals surface area contributed by atoms with Crippen LogP contribution in [-0.2, 0) is 11.3 Å². The van der Waals surface area contributed by atoms with Crippen molar-refractivity contribution >= 4 is 22.4 Å². The number of nitrogens with one attached hydrogen (secondary N) is 2. The predicted octanol–water partition coefficient (Wildman–Crippen LogP) is 0.660. The second-order valence-electron chi connectivity index (χ2n) is 2.82. The highest BCUT2D eigenvalue weighted by Crippen LogP contribution is 2.16. The molecule has 0 amide bonds. The number of carbonyl (C=O) groups is 1. The maximum absolute atomic E-state index is 11.1. The van der Waals surface area contributed by atoms with Gasteiger partial charge in [-0.2, -0.15) is 5.10 Å². The highest BCUT2D eigenvalue weighted by Gasteiger charge is 2.10. The number of aromatic amines is 1. The van der Waals surface area contributed by atoms with Crippen LogP contribution in [0.15, 0.2) is 11.7 Å². The van der Waals surface area contributed by atoms with Crippen molar-refractivity contribution in [1.82, 2.24) is 20.2 Å². The van der Waals surface area contributed by atoms with Crippen molar-refractivity contribution in [1.29, 1.82) is 0 Å². The minimum atomic E-state index is -0.441. The van der Waals surface area contributed by atoms with Crippen LogP contribution < -0.4 is 5.32 Å². The number of carbonyl (C=O) groups excluding carboxylic acids is 1. The number of anilines is 1. The summed E-state index contributed by atoms with van der Waals surface area (Å²) in [4.78, 5) is 19.1. The van der Waals surface area contributed by atoms with Crippen LogP contribution >= 0.6 is 11.3 Å². The SMILES string of the molecule is COC(=O)c1csc(NCc2ncn[nH]2)n1. The number of hydrogen-bond donors (Lipinski definition) is 2. The molecule has 2 aromatic rings. The Balaban J connectivity index is 1.95. The third-order valence-corrected chi connectivity index (χ3v) is 2.57. The van der Waals surface area contributed by atoms with Gasteiger partial charge < -0.3 is 10.1 Å². The topological polar surface area (TPSA) is 92.8 Å². The lowest BCUT2D eigenvalue weighted by atomic mass is 10.5. The van der Waals surface area contributed by atoms with Crippen LogP contribution in [0, 0.1) is 0 Å². The van der Waals surface area contributed by atoms with E-state index in [2.05, 4.69) is 30.2 Å². The lowest BCUT2D eigenvalue weighted by Gasteiger charge is -1.97. The molecule has 7 nitrogen and oxygen atoms in total. The summed E-state index contributed by atoms with van der Waals surface area (Å²) in [5, 5.41) is 11.7. The highest BCUT2D eigenvalue weighted by atomic mass is 32.1. The van der Waals surface area contributed by atoms with Crippen LogP contribution in [0.2, 0.25) is 0 Å². The zero-order valence-electron chi connectivity index (χ0n) is 8.43. The van der Waals surface area contributed by atoms with Gasteiger partial charge in [0, 0.05) is 5.38 Å². The molecule has 2 rings (SSSR count). The fourth-order valence-electron chi connectivity index (χ4n) is 1.03. The van der Waals surface area contributed by atoms with Crippen LogP contribution in [0.4, 0.5) is 5.13 Å². The van der Waals surface area contributed by atoms with Crippen LogP contribution in [0.3, 0.4) is 0 Å². The Hall–Kier alpha value is -1.96. The van der Waals surface area contributed by atoms with Crippen LogP contribution in [0.25, 0.3) is 0 Å². The van der Waals surface area contributed by atoms with Gasteiger partial charge in [0.05, 0.1) is 13.7 Å². The number of rotatable bonds is 4. The van der Waals surface area contributed by atoms with Gasteiger partial charge in [-0.25, -0.2) is 14.8 Å². The highest BCUT2D eigenvalue weighted by molar-refractivity contribution is 7.13. The largest absolute Gasteiger partial charge is 0.464 e. The van der Waals surface area contributed by atoms with Gasteiger partial charge in [-0.05, 0) is 0 Å². The van der Waals surface area contributed by atoms with E-state index in [4.69, 9.17) is 0 Å². The quantitative estimate of drug-likeness (QED) is 0.761. The van der Waals surface area contributed by atoms with Crippen molar-refractivity contribution in [2.24, 2.45) is 0 Å². The minimum Gasteiger partial charge on any atom is -0.464 e. The molecule has 16 heavy (non-hydrogen) atoms. The Bertz CT molecular complexity index is 466. The van der Waals surface area contributed by atoms with Crippen LogP contribution in [0.1, 0.15) is 16.3 Å². The van der Waals surface area contributed by atoms with Gasteiger partial charge in [-0.1, -0.05) is 0 Å². The molecule has 0 saturated heterocycles. The standard InChI is InChI=1S/C8H9N5O2S/c1-15-7(14)5-3-16-8(12-5)9-2-6-10-4-11-13-6/h3-4H,2H2,1H3,(H,9,12)(H,10,11,13). The van der Waals surface area contributed by atoms with Crippen molar-refractivity contribution in [2.45, 2.75) is 6.54 Å². The summed E-state index contributed by atoms with van der Waals surface area (Å²) in [6.07, 6.45) is 1.43. The Morgan fingerprint density at radius 2 is 2.56 bits per heavy atom. The first kappa shape index (κ1) is 10.6. The van der Waals surface area contributed by atoms with E-state index in [9.17, 15) is 4.79 Å². The zero-order chi connectivity index (χ0) is 11.4. The average Bonchev–Trinajstić information content (AvgIpc) is 2.96. The summed E-state index contributed by atoms with van der Waals surface area (Å²) in [5.74, 6) is 0.263. The van der Waals surface area contributed by atoms with E-state index >= 15 is 0 Å². The average molecular weight is 239 g/mol. The van der Waals surface area contributed by atoms with Crippen molar-refractivity contribution in [3.05, 3.63) is 23.2 Å². The monoisotopic (exact) mass is 239 g/mol. The number of H-pyrrole nitrogens is 1. The molecule has 0 unspecified atom stereocenters. The molecule has 8 heteroatoms.